The number of rotatable bonds is 8. The first kappa shape index (κ1) is 15.6. The second-order valence-electron chi connectivity index (χ2n) is 5.64. The van der Waals surface area contributed by atoms with Crippen LogP contribution in [0.1, 0.15) is 59.3 Å². The molecule has 1 fully saturated rings. The quantitative estimate of drug-likeness (QED) is 0.551. The molecule has 112 valence electrons. The number of thioether (sulfide) groups is 1. The minimum absolute atomic E-state index is 0.0676. The van der Waals surface area contributed by atoms with Gasteiger partial charge in [-0.05, 0) is 25.0 Å². The maximum Gasteiger partial charge on any atom is 0.255 e. The van der Waals surface area contributed by atoms with Crippen molar-refractivity contribution < 1.29 is 9.59 Å². The molecule has 0 spiro atoms. The summed E-state index contributed by atoms with van der Waals surface area (Å²) in [6.45, 7) is 6.39. The number of unbranched alkanes of at least 4 members (excludes halogenated alkanes) is 3. The molecule has 0 aromatic carbocycles. The molecule has 4 heteroatoms. The maximum atomic E-state index is 12.3. The van der Waals surface area contributed by atoms with E-state index in [-0.39, 0.29) is 17.7 Å². The number of amides is 2. The summed E-state index contributed by atoms with van der Waals surface area (Å²) < 4.78 is -0.552. The van der Waals surface area contributed by atoms with E-state index in [4.69, 9.17) is 0 Å². The van der Waals surface area contributed by atoms with Crippen LogP contribution in [0.5, 0.6) is 0 Å². The molecule has 1 aliphatic carbocycles. The van der Waals surface area contributed by atoms with Crippen LogP contribution in [-0.2, 0) is 9.59 Å². The zero-order valence-electron chi connectivity index (χ0n) is 12.8. The van der Waals surface area contributed by atoms with E-state index in [1.54, 1.807) is 11.8 Å². The van der Waals surface area contributed by atoms with Crippen molar-refractivity contribution in [2.45, 2.75) is 64.0 Å². The Balaban J connectivity index is 2.12. The molecular formula is C16H25NO2S. The molecule has 0 saturated carbocycles. The second kappa shape index (κ2) is 6.33. The Bertz CT molecular complexity index is 444. The normalized spacial score (nSPS) is 28.4. The average molecular weight is 295 g/mol. The molecule has 20 heavy (non-hydrogen) atoms. The lowest BCUT2D eigenvalue weighted by atomic mass is 9.66. The summed E-state index contributed by atoms with van der Waals surface area (Å²) in [5.41, 5.74) is 1.99. The zero-order valence-corrected chi connectivity index (χ0v) is 13.6. The Morgan fingerprint density at radius 2 is 1.90 bits per heavy atom. The van der Waals surface area contributed by atoms with Crippen molar-refractivity contribution in [2.24, 2.45) is 5.92 Å². The van der Waals surface area contributed by atoms with E-state index in [0.717, 1.165) is 30.6 Å². The fourth-order valence-corrected chi connectivity index (χ4v) is 5.29. The van der Waals surface area contributed by atoms with E-state index in [0.29, 0.717) is 0 Å². The van der Waals surface area contributed by atoms with Crippen LogP contribution < -0.4 is 5.32 Å². The Kier molecular flexibility index (Phi) is 4.95. The smallest absolute Gasteiger partial charge is 0.255 e. The maximum absolute atomic E-state index is 12.3. The summed E-state index contributed by atoms with van der Waals surface area (Å²) in [4.78, 5) is 24.3. The highest BCUT2D eigenvalue weighted by Gasteiger charge is 2.64. The molecule has 2 rings (SSSR count). The second-order valence-corrected chi connectivity index (χ2v) is 6.98. The van der Waals surface area contributed by atoms with E-state index in [9.17, 15) is 9.59 Å². The number of fused-ring (bicyclic) bond motifs is 1. The fraction of sp³-hybridized carbons (Fsp3) is 0.750. The number of hydrogen-bond donors (Lipinski definition) is 1. The van der Waals surface area contributed by atoms with Crippen LogP contribution in [0.3, 0.4) is 0 Å². The van der Waals surface area contributed by atoms with Gasteiger partial charge in [0, 0.05) is 11.5 Å². The van der Waals surface area contributed by atoms with Gasteiger partial charge in [0.1, 0.15) is 4.75 Å². The molecule has 1 unspecified atom stereocenters. The van der Waals surface area contributed by atoms with Gasteiger partial charge in [0.15, 0.2) is 0 Å². The minimum Gasteiger partial charge on any atom is -0.291 e. The van der Waals surface area contributed by atoms with Crippen molar-refractivity contribution in [1.82, 2.24) is 5.32 Å². The lowest BCUT2D eigenvalue weighted by Crippen LogP contribution is -2.51. The Morgan fingerprint density at radius 1 is 1.15 bits per heavy atom. The van der Waals surface area contributed by atoms with E-state index in [1.807, 2.05) is 0 Å². The molecule has 2 aliphatic rings. The fourth-order valence-electron chi connectivity index (χ4n) is 3.56. The molecule has 0 aromatic heterocycles. The van der Waals surface area contributed by atoms with Crippen molar-refractivity contribution >= 4 is 23.6 Å². The molecule has 1 aliphatic heterocycles. The molecule has 2 amide bonds. The number of allylic oxidation sites excluding steroid dienone is 1. The molecule has 0 aromatic rings. The van der Waals surface area contributed by atoms with E-state index in [2.05, 4.69) is 26.1 Å². The van der Waals surface area contributed by atoms with E-state index in [1.165, 1.54) is 24.8 Å². The number of carbonyl (C=O) groups excluding carboxylic acids is 2. The largest absolute Gasteiger partial charge is 0.291 e. The molecule has 3 nitrogen and oxygen atoms in total. The zero-order chi connectivity index (χ0) is 14.8. The van der Waals surface area contributed by atoms with Crippen molar-refractivity contribution in [3.05, 3.63) is 11.1 Å². The number of nitrogens with one attached hydrogen (secondary N) is 1. The van der Waals surface area contributed by atoms with Gasteiger partial charge in [0.25, 0.3) is 5.91 Å². The van der Waals surface area contributed by atoms with Gasteiger partial charge in [-0.1, -0.05) is 45.6 Å². The van der Waals surface area contributed by atoms with Gasteiger partial charge in [-0.15, -0.1) is 11.8 Å². The average Bonchev–Trinajstić information content (AvgIpc) is 2.60. The van der Waals surface area contributed by atoms with Crippen LogP contribution in [0.15, 0.2) is 11.1 Å². The Hall–Kier alpha value is -0.770. The van der Waals surface area contributed by atoms with Gasteiger partial charge in [0.2, 0.25) is 5.91 Å². The minimum atomic E-state index is -0.552. The number of imide groups is 1. The SMILES string of the molecule is CCCCCCS[C@]12C(=O)NC(=O)C1=C(CC)C2CC. The third kappa shape index (κ3) is 2.22. The first-order chi connectivity index (χ1) is 9.63. The van der Waals surface area contributed by atoms with Crippen LogP contribution in [0.25, 0.3) is 0 Å². The Labute approximate surface area is 126 Å². The lowest BCUT2D eigenvalue weighted by molar-refractivity contribution is -0.125. The first-order valence-electron chi connectivity index (χ1n) is 7.86. The Morgan fingerprint density at radius 3 is 2.50 bits per heavy atom. The predicted molar refractivity (Wildman–Crippen MR) is 83.6 cm³/mol. The van der Waals surface area contributed by atoms with E-state index >= 15 is 0 Å². The molecular weight excluding hydrogens is 270 g/mol. The highest BCUT2D eigenvalue weighted by Crippen LogP contribution is 2.58. The molecule has 0 bridgehead atoms. The predicted octanol–water partition coefficient (Wildman–Crippen LogP) is 3.44. The summed E-state index contributed by atoms with van der Waals surface area (Å²) >= 11 is 1.70. The molecule has 1 heterocycles. The lowest BCUT2D eigenvalue weighted by Gasteiger charge is -2.45. The van der Waals surface area contributed by atoms with Crippen molar-refractivity contribution in [2.75, 3.05) is 5.75 Å². The van der Waals surface area contributed by atoms with Crippen LogP contribution in [0.2, 0.25) is 0 Å². The third-order valence-corrected chi connectivity index (χ3v) is 6.13. The summed E-state index contributed by atoms with van der Waals surface area (Å²) in [5.74, 6) is 1.02. The van der Waals surface area contributed by atoms with Gasteiger partial charge < -0.3 is 0 Å². The first-order valence-corrected chi connectivity index (χ1v) is 8.85. The third-order valence-electron chi connectivity index (χ3n) is 4.51. The highest BCUT2D eigenvalue weighted by atomic mass is 32.2. The molecule has 1 saturated heterocycles. The van der Waals surface area contributed by atoms with Gasteiger partial charge in [-0.25, -0.2) is 0 Å². The highest BCUT2D eigenvalue weighted by molar-refractivity contribution is 8.01. The van der Waals surface area contributed by atoms with Crippen molar-refractivity contribution in [1.29, 1.82) is 0 Å². The van der Waals surface area contributed by atoms with Crippen LogP contribution in [0, 0.1) is 5.92 Å². The number of carbonyl (C=O) groups is 2. The summed E-state index contributed by atoms with van der Waals surface area (Å²) in [7, 11) is 0. The summed E-state index contributed by atoms with van der Waals surface area (Å²) in [6.07, 6.45) is 6.64. The number of hydrogen-bond acceptors (Lipinski definition) is 3. The van der Waals surface area contributed by atoms with Crippen LogP contribution >= 0.6 is 11.8 Å². The summed E-state index contributed by atoms with van der Waals surface area (Å²) in [5, 5.41) is 2.54. The van der Waals surface area contributed by atoms with Crippen LogP contribution in [0.4, 0.5) is 0 Å². The molecule has 1 N–H and O–H groups in total. The molecule has 2 atom stereocenters. The van der Waals surface area contributed by atoms with E-state index < -0.39 is 4.75 Å². The topological polar surface area (TPSA) is 46.2 Å². The van der Waals surface area contributed by atoms with Gasteiger partial charge >= 0.3 is 0 Å². The van der Waals surface area contributed by atoms with Crippen molar-refractivity contribution in [3.8, 4) is 0 Å². The van der Waals surface area contributed by atoms with Gasteiger partial charge in [-0.3, -0.25) is 14.9 Å². The van der Waals surface area contributed by atoms with Crippen molar-refractivity contribution in [3.63, 3.8) is 0 Å². The van der Waals surface area contributed by atoms with Crippen LogP contribution in [-0.4, -0.2) is 22.3 Å². The summed E-state index contributed by atoms with van der Waals surface area (Å²) in [6, 6.07) is 0. The monoisotopic (exact) mass is 295 g/mol. The van der Waals surface area contributed by atoms with Gasteiger partial charge in [0.05, 0.1) is 0 Å². The van der Waals surface area contributed by atoms with Gasteiger partial charge in [-0.2, -0.15) is 0 Å². The molecule has 0 radical (unpaired) electrons. The standard InChI is InChI=1S/C16H25NO2S/c1-4-7-8-9-10-20-16-12(6-3)11(5-2)13(16)14(18)17-15(16)19/h12H,4-10H2,1-3H3,(H,17,18,19)/t12?,16-/m0/s1.